The highest BCUT2D eigenvalue weighted by Crippen LogP contribution is 2.14. The van der Waals surface area contributed by atoms with Gasteiger partial charge in [-0.3, -0.25) is 4.79 Å². The van der Waals surface area contributed by atoms with E-state index in [2.05, 4.69) is 10.6 Å². The highest BCUT2D eigenvalue weighted by atomic mass is 16.2. The molecule has 0 aliphatic carbocycles. The number of benzene rings is 1. The van der Waals surface area contributed by atoms with Gasteiger partial charge in [0.1, 0.15) is 6.04 Å². The summed E-state index contributed by atoms with van der Waals surface area (Å²) in [6.45, 7) is 4.93. The van der Waals surface area contributed by atoms with Crippen LogP contribution in [0.1, 0.15) is 18.9 Å². The first-order valence-corrected chi connectivity index (χ1v) is 6.54. The quantitative estimate of drug-likeness (QED) is 0.851. The molecule has 1 aliphatic heterocycles. The normalized spacial score (nSPS) is 18.9. The number of urea groups is 1. The molecule has 102 valence electrons. The average molecular weight is 261 g/mol. The van der Waals surface area contributed by atoms with E-state index in [0.717, 1.165) is 11.3 Å². The molecule has 5 heteroatoms. The summed E-state index contributed by atoms with van der Waals surface area (Å²) in [6, 6.07) is 7.02. The zero-order chi connectivity index (χ0) is 13.8. The maximum absolute atomic E-state index is 12.2. The summed E-state index contributed by atoms with van der Waals surface area (Å²) in [5.41, 5.74) is 1.84. The number of amides is 3. The van der Waals surface area contributed by atoms with Crippen molar-refractivity contribution >= 4 is 17.6 Å². The molecule has 0 saturated carbocycles. The van der Waals surface area contributed by atoms with Gasteiger partial charge in [-0.15, -0.1) is 0 Å². The lowest BCUT2D eigenvalue weighted by molar-refractivity contribution is -0.127. The third-order valence-corrected chi connectivity index (χ3v) is 3.25. The average Bonchev–Trinajstić information content (AvgIpc) is 2.38. The van der Waals surface area contributed by atoms with Gasteiger partial charge in [0.15, 0.2) is 0 Å². The predicted octanol–water partition coefficient (Wildman–Crippen LogP) is 1.74. The molecule has 1 unspecified atom stereocenters. The minimum absolute atomic E-state index is 0.0758. The van der Waals surface area contributed by atoms with Crippen LogP contribution in [0.3, 0.4) is 0 Å². The molecule has 0 radical (unpaired) electrons. The largest absolute Gasteiger partial charge is 0.353 e. The van der Waals surface area contributed by atoms with E-state index in [4.69, 9.17) is 0 Å². The number of piperazine rings is 1. The van der Waals surface area contributed by atoms with Crippen molar-refractivity contribution in [3.8, 4) is 0 Å². The molecule has 0 bridgehead atoms. The fourth-order valence-electron chi connectivity index (χ4n) is 2.28. The van der Waals surface area contributed by atoms with Crippen molar-refractivity contribution in [2.24, 2.45) is 0 Å². The van der Waals surface area contributed by atoms with Crippen LogP contribution in [-0.4, -0.2) is 36.0 Å². The Morgan fingerprint density at radius 2 is 2.32 bits per heavy atom. The Hall–Kier alpha value is -2.04. The lowest BCUT2D eigenvalue weighted by Crippen LogP contribution is -2.57. The second-order valence-corrected chi connectivity index (χ2v) is 4.71. The van der Waals surface area contributed by atoms with Gasteiger partial charge >= 0.3 is 6.03 Å². The SMILES string of the molecule is CCC1C(=O)NCCN1C(=O)Nc1cccc(C)c1. The van der Waals surface area contributed by atoms with Gasteiger partial charge in [-0.2, -0.15) is 0 Å². The van der Waals surface area contributed by atoms with E-state index >= 15 is 0 Å². The summed E-state index contributed by atoms with van der Waals surface area (Å²) in [6.07, 6.45) is 0.618. The number of aryl methyl sites for hydroxylation is 1. The van der Waals surface area contributed by atoms with Crippen LogP contribution in [0.25, 0.3) is 0 Å². The van der Waals surface area contributed by atoms with Gasteiger partial charge in [0.05, 0.1) is 0 Å². The lowest BCUT2D eigenvalue weighted by Gasteiger charge is -2.34. The van der Waals surface area contributed by atoms with E-state index in [-0.39, 0.29) is 18.0 Å². The molecule has 2 N–H and O–H groups in total. The van der Waals surface area contributed by atoms with E-state index in [1.54, 1.807) is 4.90 Å². The first kappa shape index (κ1) is 13.4. The first-order chi connectivity index (χ1) is 9.11. The minimum atomic E-state index is -0.376. The maximum atomic E-state index is 12.2. The third-order valence-electron chi connectivity index (χ3n) is 3.25. The molecule has 1 atom stereocenters. The van der Waals surface area contributed by atoms with E-state index in [1.165, 1.54) is 0 Å². The molecule has 1 heterocycles. The Morgan fingerprint density at radius 1 is 1.53 bits per heavy atom. The second-order valence-electron chi connectivity index (χ2n) is 4.71. The van der Waals surface area contributed by atoms with Crippen LogP contribution in [0.4, 0.5) is 10.5 Å². The van der Waals surface area contributed by atoms with Crippen molar-refractivity contribution in [2.45, 2.75) is 26.3 Å². The number of rotatable bonds is 2. The van der Waals surface area contributed by atoms with Crippen molar-refractivity contribution in [2.75, 3.05) is 18.4 Å². The first-order valence-electron chi connectivity index (χ1n) is 6.54. The van der Waals surface area contributed by atoms with Gasteiger partial charge in [0.2, 0.25) is 5.91 Å². The molecular formula is C14H19N3O2. The number of carbonyl (C=O) groups is 2. The van der Waals surface area contributed by atoms with E-state index in [1.807, 2.05) is 38.1 Å². The molecule has 5 nitrogen and oxygen atoms in total. The van der Waals surface area contributed by atoms with Gasteiger partial charge < -0.3 is 15.5 Å². The molecule has 2 rings (SSSR count). The highest BCUT2D eigenvalue weighted by Gasteiger charge is 2.31. The standard InChI is InChI=1S/C14H19N3O2/c1-3-12-13(18)15-7-8-17(12)14(19)16-11-6-4-5-10(2)9-11/h4-6,9,12H,3,7-8H2,1-2H3,(H,15,18)(H,16,19). The smallest absolute Gasteiger partial charge is 0.322 e. The monoisotopic (exact) mass is 261 g/mol. The summed E-state index contributed by atoms with van der Waals surface area (Å²) < 4.78 is 0. The van der Waals surface area contributed by atoms with Crippen molar-refractivity contribution in [1.82, 2.24) is 10.2 Å². The van der Waals surface area contributed by atoms with Crippen molar-refractivity contribution in [1.29, 1.82) is 0 Å². The van der Waals surface area contributed by atoms with Gasteiger partial charge in [-0.1, -0.05) is 19.1 Å². The number of anilines is 1. The topological polar surface area (TPSA) is 61.4 Å². The lowest BCUT2D eigenvalue weighted by atomic mass is 10.1. The maximum Gasteiger partial charge on any atom is 0.322 e. The van der Waals surface area contributed by atoms with Crippen molar-refractivity contribution in [3.05, 3.63) is 29.8 Å². The van der Waals surface area contributed by atoms with Gasteiger partial charge in [-0.05, 0) is 31.0 Å². The summed E-state index contributed by atoms with van der Waals surface area (Å²) in [4.78, 5) is 25.5. The van der Waals surface area contributed by atoms with Gasteiger partial charge in [-0.25, -0.2) is 4.79 Å². The summed E-state index contributed by atoms with van der Waals surface area (Å²) in [7, 11) is 0. The molecule has 1 aromatic carbocycles. The van der Waals surface area contributed by atoms with Crippen LogP contribution < -0.4 is 10.6 Å². The predicted molar refractivity (Wildman–Crippen MR) is 74.0 cm³/mol. The number of nitrogens with one attached hydrogen (secondary N) is 2. The van der Waals surface area contributed by atoms with E-state index < -0.39 is 0 Å². The molecular weight excluding hydrogens is 242 g/mol. The van der Waals surface area contributed by atoms with Crippen LogP contribution in [-0.2, 0) is 4.79 Å². The summed E-state index contributed by atoms with van der Waals surface area (Å²) in [5, 5.41) is 5.62. The fraction of sp³-hybridized carbons (Fsp3) is 0.429. The Balaban J connectivity index is 2.08. The van der Waals surface area contributed by atoms with Crippen LogP contribution in [0.2, 0.25) is 0 Å². The number of hydrogen-bond donors (Lipinski definition) is 2. The minimum Gasteiger partial charge on any atom is -0.353 e. The van der Waals surface area contributed by atoms with E-state index in [9.17, 15) is 9.59 Å². The molecule has 1 fully saturated rings. The van der Waals surface area contributed by atoms with Gasteiger partial charge in [0.25, 0.3) is 0 Å². The molecule has 3 amide bonds. The Bertz CT molecular complexity index is 487. The number of hydrogen-bond acceptors (Lipinski definition) is 2. The molecule has 1 aromatic rings. The zero-order valence-electron chi connectivity index (χ0n) is 11.3. The molecule has 1 aliphatic rings. The Morgan fingerprint density at radius 3 is 3.00 bits per heavy atom. The molecule has 0 spiro atoms. The van der Waals surface area contributed by atoms with Crippen LogP contribution in [0.5, 0.6) is 0 Å². The molecule has 0 aromatic heterocycles. The third kappa shape index (κ3) is 3.05. The summed E-state index contributed by atoms with van der Waals surface area (Å²) >= 11 is 0. The fourth-order valence-corrected chi connectivity index (χ4v) is 2.28. The second kappa shape index (κ2) is 5.73. The van der Waals surface area contributed by atoms with Crippen LogP contribution >= 0.6 is 0 Å². The van der Waals surface area contributed by atoms with Crippen LogP contribution in [0, 0.1) is 6.92 Å². The van der Waals surface area contributed by atoms with Crippen LogP contribution in [0.15, 0.2) is 24.3 Å². The van der Waals surface area contributed by atoms with Crippen molar-refractivity contribution < 1.29 is 9.59 Å². The van der Waals surface area contributed by atoms with Crippen molar-refractivity contribution in [3.63, 3.8) is 0 Å². The molecule has 19 heavy (non-hydrogen) atoms. The number of nitrogens with zero attached hydrogens (tertiary/aromatic N) is 1. The molecule has 1 saturated heterocycles. The number of carbonyl (C=O) groups excluding carboxylic acids is 2. The van der Waals surface area contributed by atoms with Gasteiger partial charge in [0, 0.05) is 18.8 Å². The summed E-state index contributed by atoms with van der Waals surface area (Å²) in [5.74, 6) is -0.0758. The zero-order valence-corrected chi connectivity index (χ0v) is 11.3. The van der Waals surface area contributed by atoms with E-state index in [0.29, 0.717) is 19.5 Å². The highest BCUT2D eigenvalue weighted by molar-refractivity contribution is 5.94. The Kier molecular flexibility index (Phi) is 4.04. The Labute approximate surface area is 113 Å².